The standard InChI is InChI=1S/C30H25NOS/c1-18-13-22-15-20(9-10-27(22)33-18)26-17-21-11-12-31-28(29(21)32-26)23-14-19-7-5-6-8-24(19)25(16-23)30(2,3)4/h5-17H,1-4H3. The van der Waals surface area contributed by atoms with Crippen LogP contribution < -0.4 is 0 Å². The maximum atomic E-state index is 6.47. The molecule has 0 amide bonds. The van der Waals surface area contributed by atoms with Crippen molar-refractivity contribution in [2.45, 2.75) is 33.1 Å². The lowest BCUT2D eigenvalue weighted by atomic mass is 9.82. The first kappa shape index (κ1) is 20.2. The van der Waals surface area contributed by atoms with E-state index in [4.69, 9.17) is 9.40 Å². The zero-order chi connectivity index (χ0) is 22.7. The van der Waals surface area contributed by atoms with Crippen LogP contribution in [-0.2, 0) is 5.41 Å². The Morgan fingerprint density at radius 3 is 2.45 bits per heavy atom. The van der Waals surface area contributed by atoms with E-state index in [2.05, 4.69) is 94.4 Å². The van der Waals surface area contributed by atoms with Gasteiger partial charge < -0.3 is 4.42 Å². The number of fused-ring (bicyclic) bond motifs is 3. The van der Waals surface area contributed by atoms with Gasteiger partial charge in [0.15, 0.2) is 5.58 Å². The van der Waals surface area contributed by atoms with Crippen molar-refractivity contribution in [3.63, 3.8) is 0 Å². The molecule has 33 heavy (non-hydrogen) atoms. The first-order valence-electron chi connectivity index (χ1n) is 11.3. The molecule has 0 aliphatic heterocycles. The van der Waals surface area contributed by atoms with E-state index in [1.165, 1.54) is 31.3 Å². The van der Waals surface area contributed by atoms with E-state index >= 15 is 0 Å². The molecule has 0 aliphatic rings. The Bertz CT molecular complexity index is 1660. The molecule has 3 heteroatoms. The summed E-state index contributed by atoms with van der Waals surface area (Å²) in [5.74, 6) is 0.877. The SMILES string of the molecule is Cc1cc2cc(-c3cc4ccnc(-c5cc(C(C)(C)C)c6ccccc6c5)c4o3)ccc2s1. The van der Waals surface area contributed by atoms with Crippen LogP contribution in [0.2, 0.25) is 0 Å². The zero-order valence-corrected chi connectivity index (χ0v) is 20.1. The number of aromatic nitrogens is 1. The zero-order valence-electron chi connectivity index (χ0n) is 19.3. The second-order valence-electron chi connectivity index (χ2n) is 9.79. The second-order valence-corrected chi connectivity index (χ2v) is 11.1. The molecular weight excluding hydrogens is 422 g/mol. The van der Waals surface area contributed by atoms with E-state index in [0.29, 0.717) is 0 Å². The average molecular weight is 448 g/mol. The highest BCUT2D eigenvalue weighted by atomic mass is 32.1. The number of nitrogens with zero attached hydrogens (tertiary/aromatic N) is 1. The van der Waals surface area contributed by atoms with Crippen molar-refractivity contribution >= 4 is 43.2 Å². The van der Waals surface area contributed by atoms with Gasteiger partial charge in [0, 0.05) is 32.3 Å². The Labute approximate surface area is 197 Å². The highest BCUT2D eigenvalue weighted by Crippen LogP contribution is 2.39. The predicted molar refractivity (Wildman–Crippen MR) is 141 cm³/mol. The molecule has 6 aromatic rings. The van der Waals surface area contributed by atoms with Gasteiger partial charge in [0.25, 0.3) is 0 Å². The Hall–Kier alpha value is -3.43. The smallest absolute Gasteiger partial charge is 0.161 e. The fraction of sp³-hybridized carbons (Fsp3) is 0.167. The topological polar surface area (TPSA) is 26.0 Å². The van der Waals surface area contributed by atoms with Crippen LogP contribution in [0.25, 0.3) is 54.4 Å². The van der Waals surface area contributed by atoms with Gasteiger partial charge in [0.2, 0.25) is 0 Å². The van der Waals surface area contributed by atoms with E-state index in [1.807, 2.05) is 23.6 Å². The molecule has 0 saturated carbocycles. The number of rotatable bonds is 2. The lowest BCUT2D eigenvalue weighted by Crippen LogP contribution is -2.12. The summed E-state index contributed by atoms with van der Waals surface area (Å²) in [6.45, 7) is 8.94. The number of furan rings is 1. The van der Waals surface area contributed by atoms with Crippen LogP contribution in [-0.4, -0.2) is 4.98 Å². The third-order valence-electron chi connectivity index (χ3n) is 6.30. The molecule has 0 radical (unpaired) electrons. The molecule has 0 N–H and O–H groups in total. The van der Waals surface area contributed by atoms with Gasteiger partial charge in [0.05, 0.1) is 0 Å². The highest BCUT2D eigenvalue weighted by Gasteiger charge is 2.20. The molecule has 3 aromatic carbocycles. The molecule has 2 nitrogen and oxygen atoms in total. The number of hydrogen-bond acceptors (Lipinski definition) is 3. The van der Waals surface area contributed by atoms with Crippen LogP contribution >= 0.6 is 11.3 Å². The molecule has 3 aromatic heterocycles. The number of benzene rings is 3. The van der Waals surface area contributed by atoms with E-state index in [1.54, 1.807) is 0 Å². The first-order valence-corrected chi connectivity index (χ1v) is 12.1. The van der Waals surface area contributed by atoms with Crippen LogP contribution in [0.1, 0.15) is 31.2 Å². The van der Waals surface area contributed by atoms with Crippen LogP contribution in [0.4, 0.5) is 0 Å². The number of hydrogen-bond donors (Lipinski definition) is 0. The van der Waals surface area contributed by atoms with Crippen LogP contribution in [0.5, 0.6) is 0 Å². The Morgan fingerprint density at radius 2 is 1.61 bits per heavy atom. The van der Waals surface area contributed by atoms with Crippen LogP contribution in [0.15, 0.2) is 83.4 Å². The molecule has 0 atom stereocenters. The van der Waals surface area contributed by atoms with E-state index in [-0.39, 0.29) is 5.41 Å². The van der Waals surface area contributed by atoms with Crippen molar-refractivity contribution in [1.82, 2.24) is 4.98 Å². The van der Waals surface area contributed by atoms with Gasteiger partial charge >= 0.3 is 0 Å². The van der Waals surface area contributed by atoms with Gasteiger partial charge in [-0.3, -0.25) is 4.98 Å². The minimum absolute atomic E-state index is 0.0198. The molecule has 3 heterocycles. The quantitative estimate of drug-likeness (QED) is 0.264. The summed E-state index contributed by atoms with van der Waals surface area (Å²) < 4.78 is 7.78. The van der Waals surface area contributed by atoms with Gasteiger partial charge in [-0.15, -0.1) is 11.3 Å². The molecule has 6 rings (SSSR count). The molecule has 0 spiro atoms. The summed E-state index contributed by atoms with van der Waals surface area (Å²) in [6.07, 6.45) is 1.88. The first-order chi connectivity index (χ1) is 15.9. The van der Waals surface area contributed by atoms with Crippen molar-refractivity contribution in [1.29, 1.82) is 0 Å². The molecule has 0 bridgehead atoms. The van der Waals surface area contributed by atoms with Crippen LogP contribution in [0, 0.1) is 6.92 Å². The largest absolute Gasteiger partial charge is 0.454 e. The molecular formula is C30H25NOS. The normalized spacial score (nSPS) is 12.2. The fourth-order valence-corrected chi connectivity index (χ4v) is 5.61. The summed E-state index contributed by atoms with van der Waals surface area (Å²) in [5.41, 5.74) is 5.25. The van der Waals surface area contributed by atoms with E-state index in [0.717, 1.165) is 33.6 Å². The van der Waals surface area contributed by atoms with E-state index in [9.17, 15) is 0 Å². The predicted octanol–water partition coefficient (Wildman–Crippen LogP) is 9.14. The van der Waals surface area contributed by atoms with Crippen LogP contribution in [0.3, 0.4) is 0 Å². The van der Waals surface area contributed by atoms with Gasteiger partial charge in [0.1, 0.15) is 11.5 Å². The second kappa shape index (κ2) is 7.29. The Balaban J connectivity index is 1.55. The lowest BCUT2D eigenvalue weighted by Gasteiger charge is -2.22. The minimum Gasteiger partial charge on any atom is -0.454 e. The minimum atomic E-state index is 0.0198. The summed E-state index contributed by atoms with van der Waals surface area (Å²) in [6, 6.07) is 26.1. The summed E-state index contributed by atoms with van der Waals surface area (Å²) in [4.78, 5) is 6.10. The summed E-state index contributed by atoms with van der Waals surface area (Å²) in [7, 11) is 0. The van der Waals surface area contributed by atoms with Gasteiger partial charge in [-0.25, -0.2) is 0 Å². The summed E-state index contributed by atoms with van der Waals surface area (Å²) in [5, 5.41) is 4.85. The van der Waals surface area contributed by atoms with Crippen molar-refractivity contribution in [2.75, 3.05) is 0 Å². The highest BCUT2D eigenvalue weighted by molar-refractivity contribution is 7.19. The number of thiophene rings is 1. The van der Waals surface area contributed by atoms with Gasteiger partial charge in [-0.1, -0.05) is 45.0 Å². The van der Waals surface area contributed by atoms with Gasteiger partial charge in [-0.05, 0) is 82.6 Å². The van der Waals surface area contributed by atoms with Crippen molar-refractivity contribution in [3.05, 3.63) is 89.4 Å². The summed E-state index contributed by atoms with van der Waals surface area (Å²) >= 11 is 1.82. The number of aryl methyl sites for hydroxylation is 1. The monoisotopic (exact) mass is 447 g/mol. The van der Waals surface area contributed by atoms with Crippen molar-refractivity contribution < 1.29 is 4.42 Å². The molecule has 0 saturated heterocycles. The number of pyridine rings is 1. The Morgan fingerprint density at radius 1 is 0.788 bits per heavy atom. The van der Waals surface area contributed by atoms with Gasteiger partial charge in [-0.2, -0.15) is 0 Å². The molecule has 0 unspecified atom stereocenters. The third kappa shape index (κ3) is 3.44. The molecule has 0 aliphatic carbocycles. The third-order valence-corrected chi connectivity index (χ3v) is 7.33. The average Bonchev–Trinajstić information content (AvgIpc) is 3.39. The maximum absolute atomic E-state index is 6.47. The van der Waals surface area contributed by atoms with Crippen molar-refractivity contribution in [3.8, 4) is 22.6 Å². The fourth-order valence-electron chi connectivity index (χ4n) is 4.71. The molecule has 0 fully saturated rings. The molecule has 162 valence electrons. The maximum Gasteiger partial charge on any atom is 0.161 e. The van der Waals surface area contributed by atoms with E-state index < -0.39 is 0 Å². The van der Waals surface area contributed by atoms with Crippen molar-refractivity contribution in [2.24, 2.45) is 0 Å². The lowest BCUT2D eigenvalue weighted by molar-refractivity contribution is 0.596. The Kier molecular flexibility index (Phi) is 4.46.